The summed E-state index contributed by atoms with van der Waals surface area (Å²) in [5.41, 5.74) is 1.79. The molecule has 0 aliphatic carbocycles. The predicted molar refractivity (Wildman–Crippen MR) is 51.2 cm³/mol. The van der Waals surface area contributed by atoms with Crippen molar-refractivity contribution in [2.75, 3.05) is 5.75 Å². The first-order chi connectivity index (χ1) is 7.34. The number of nitrogens with one attached hydrogen (secondary N) is 2. The predicted octanol–water partition coefficient (Wildman–Crippen LogP) is -0.471. The molecule has 2 atom stereocenters. The van der Waals surface area contributed by atoms with Crippen molar-refractivity contribution in [3.8, 4) is 0 Å². The van der Waals surface area contributed by atoms with Gasteiger partial charge in [0.2, 0.25) is 5.91 Å². The van der Waals surface area contributed by atoms with Gasteiger partial charge in [-0.3, -0.25) is 15.0 Å². The molecule has 0 aromatic rings. The average Bonchev–Trinajstić information content (AvgIpc) is 2.38. The van der Waals surface area contributed by atoms with Crippen LogP contribution >= 0.6 is 11.8 Å². The quantitative estimate of drug-likeness (QED) is 0.337. The number of hydrazine groups is 1. The van der Waals surface area contributed by atoms with Crippen molar-refractivity contribution in [1.29, 1.82) is 0 Å². The Labute approximate surface area is 93.3 Å². The third kappa shape index (κ3) is 3.27. The zero-order valence-corrected chi connectivity index (χ0v) is 8.82. The van der Waals surface area contributed by atoms with Gasteiger partial charge in [0.1, 0.15) is 11.3 Å². The summed E-state index contributed by atoms with van der Waals surface area (Å²) in [6.45, 7) is 0. The Morgan fingerprint density at radius 3 is 2.69 bits per heavy atom. The lowest BCUT2D eigenvalue weighted by Crippen LogP contribution is -2.49. The summed E-state index contributed by atoms with van der Waals surface area (Å²) in [6, 6.07) is -1.02. The number of alkyl halides is 3. The molecule has 1 aliphatic rings. The van der Waals surface area contributed by atoms with Crippen molar-refractivity contribution >= 4 is 23.6 Å². The molecule has 1 aliphatic heterocycles. The van der Waals surface area contributed by atoms with E-state index in [4.69, 9.17) is 5.84 Å². The Bertz CT molecular complexity index is 297. The van der Waals surface area contributed by atoms with Crippen LogP contribution in [-0.2, 0) is 9.59 Å². The fraction of sp³-hybridized carbons (Fsp3) is 0.714. The molecule has 0 bridgehead atoms. The number of thioether (sulfide) groups is 1. The number of amides is 2. The fourth-order valence-electron chi connectivity index (χ4n) is 1.19. The summed E-state index contributed by atoms with van der Waals surface area (Å²) in [6.07, 6.45) is -5.13. The normalized spacial score (nSPS) is 26.9. The molecule has 2 amide bonds. The first-order valence-corrected chi connectivity index (χ1v) is 5.37. The smallest absolute Gasteiger partial charge is 0.343 e. The van der Waals surface area contributed by atoms with Crippen LogP contribution in [0.5, 0.6) is 0 Å². The summed E-state index contributed by atoms with van der Waals surface area (Å²) in [5, 5.41) is 0.405. The third-order valence-corrected chi connectivity index (χ3v) is 3.36. The summed E-state index contributed by atoms with van der Waals surface area (Å²) < 4.78 is 37.1. The minimum atomic E-state index is -4.45. The van der Waals surface area contributed by atoms with E-state index in [2.05, 4.69) is 5.32 Å². The molecule has 1 heterocycles. The molecule has 5 nitrogen and oxygen atoms in total. The van der Waals surface area contributed by atoms with Gasteiger partial charge in [-0.15, -0.1) is 11.8 Å². The summed E-state index contributed by atoms with van der Waals surface area (Å²) >= 11 is 0.522. The molecule has 1 rings (SSSR count). The van der Waals surface area contributed by atoms with Gasteiger partial charge in [-0.25, -0.2) is 5.84 Å². The van der Waals surface area contributed by atoms with Crippen LogP contribution in [0, 0.1) is 0 Å². The highest BCUT2D eigenvalue weighted by Gasteiger charge is 2.43. The van der Waals surface area contributed by atoms with Crippen LogP contribution in [-0.4, -0.2) is 35.0 Å². The van der Waals surface area contributed by atoms with E-state index in [1.54, 1.807) is 5.43 Å². The summed E-state index contributed by atoms with van der Waals surface area (Å²) in [7, 11) is 0. The van der Waals surface area contributed by atoms with E-state index in [9.17, 15) is 22.8 Å². The lowest BCUT2D eigenvalue weighted by Gasteiger charge is -2.16. The van der Waals surface area contributed by atoms with Crippen molar-refractivity contribution in [2.45, 2.75) is 23.9 Å². The van der Waals surface area contributed by atoms with Crippen LogP contribution in [0.2, 0.25) is 0 Å². The van der Waals surface area contributed by atoms with Gasteiger partial charge >= 0.3 is 6.18 Å². The van der Waals surface area contributed by atoms with E-state index >= 15 is 0 Å². The van der Waals surface area contributed by atoms with Crippen LogP contribution in [0.1, 0.15) is 6.42 Å². The molecule has 0 radical (unpaired) electrons. The lowest BCUT2D eigenvalue weighted by atomic mass is 10.2. The van der Waals surface area contributed by atoms with E-state index in [0.717, 1.165) is 0 Å². The van der Waals surface area contributed by atoms with Crippen LogP contribution in [0.15, 0.2) is 0 Å². The Hall–Kier alpha value is -0.960. The van der Waals surface area contributed by atoms with Gasteiger partial charge in [0, 0.05) is 12.2 Å². The molecule has 9 heteroatoms. The van der Waals surface area contributed by atoms with Crippen LogP contribution in [0.4, 0.5) is 13.2 Å². The molecular weight excluding hydrogens is 247 g/mol. The fourth-order valence-corrected chi connectivity index (χ4v) is 2.30. The molecule has 1 saturated heterocycles. The average molecular weight is 257 g/mol. The molecule has 0 unspecified atom stereocenters. The summed E-state index contributed by atoms with van der Waals surface area (Å²) in [5.74, 6) is 3.17. The minimum absolute atomic E-state index is 0.154. The molecule has 4 N–H and O–H groups in total. The summed E-state index contributed by atoms with van der Waals surface area (Å²) in [4.78, 5) is 22.2. The van der Waals surface area contributed by atoms with Crippen molar-refractivity contribution in [1.82, 2.24) is 10.7 Å². The topological polar surface area (TPSA) is 84.2 Å². The van der Waals surface area contributed by atoms with E-state index in [1.807, 2.05) is 0 Å². The Morgan fingerprint density at radius 2 is 2.19 bits per heavy atom. The highest BCUT2D eigenvalue weighted by Crippen LogP contribution is 2.34. The first-order valence-electron chi connectivity index (χ1n) is 4.32. The van der Waals surface area contributed by atoms with Crippen molar-refractivity contribution in [3.63, 3.8) is 0 Å². The highest BCUT2D eigenvalue weighted by atomic mass is 32.2. The van der Waals surface area contributed by atoms with Crippen molar-refractivity contribution in [2.24, 2.45) is 5.84 Å². The molecule has 0 spiro atoms. The zero-order valence-electron chi connectivity index (χ0n) is 8.00. The van der Waals surface area contributed by atoms with Crippen molar-refractivity contribution < 1.29 is 22.8 Å². The number of rotatable bonds is 1. The Balaban J connectivity index is 2.70. The molecular formula is C7H10F3N3O2S. The molecule has 1 fully saturated rings. The molecule has 0 aromatic carbocycles. The maximum Gasteiger partial charge on any atom is 0.401 e. The van der Waals surface area contributed by atoms with E-state index in [-0.39, 0.29) is 5.75 Å². The van der Waals surface area contributed by atoms with Crippen LogP contribution in [0.3, 0.4) is 0 Å². The molecule has 16 heavy (non-hydrogen) atoms. The van der Waals surface area contributed by atoms with Gasteiger partial charge in [-0.2, -0.15) is 13.2 Å². The number of nitrogens with two attached hydrogens (primary N) is 1. The number of halogens is 3. The van der Waals surface area contributed by atoms with Gasteiger partial charge in [-0.05, 0) is 0 Å². The Kier molecular flexibility index (Phi) is 4.03. The standard InChI is InChI=1S/C7H10F3N3O2S/c8-7(9,10)4-1-5(14)12-3(2-16-4)6(15)13-11/h3-4H,1-2,11H2,(H,12,14)(H,13,15)/t3-,4+/m1/s1. The second kappa shape index (κ2) is 4.91. The number of hydrogen-bond donors (Lipinski definition) is 3. The van der Waals surface area contributed by atoms with E-state index in [1.165, 1.54) is 0 Å². The van der Waals surface area contributed by atoms with Gasteiger partial charge in [0.15, 0.2) is 0 Å². The van der Waals surface area contributed by atoms with Gasteiger partial charge in [-0.1, -0.05) is 0 Å². The highest BCUT2D eigenvalue weighted by molar-refractivity contribution is 8.00. The maximum atomic E-state index is 12.4. The first kappa shape index (κ1) is 13.1. The SMILES string of the molecule is NNC(=O)[C@H]1CS[C@H](C(F)(F)F)CC(=O)N1. The van der Waals surface area contributed by atoms with E-state index < -0.39 is 35.7 Å². The van der Waals surface area contributed by atoms with Gasteiger partial charge in [0.05, 0.1) is 0 Å². The van der Waals surface area contributed by atoms with Gasteiger partial charge < -0.3 is 5.32 Å². The van der Waals surface area contributed by atoms with Crippen molar-refractivity contribution in [3.05, 3.63) is 0 Å². The lowest BCUT2D eigenvalue weighted by molar-refractivity contribution is -0.140. The third-order valence-electron chi connectivity index (χ3n) is 1.99. The van der Waals surface area contributed by atoms with Crippen LogP contribution < -0.4 is 16.6 Å². The zero-order chi connectivity index (χ0) is 12.3. The minimum Gasteiger partial charge on any atom is -0.343 e. The monoisotopic (exact) mass is 257 g/mol. The Morgan fingerprint density at radius 1 is 1.56 bits per heavy atom. The second-order valence-corrected chi connectivity index (χ2v) is 4.43. The van der Waals surface area contributed by atoms with Gasteiger partial charge in [0.25, 0.3) is 5.91 Å². The maximum absolute atomic E-state index is 12.4. The molecule has 0 aromatic heterocycles. The molecule has 92 valence electrons. The largest absolute Gasteiger partial charge is 0.401 e. The second-order valence-electron chi connectivity index (χ2n) is 3.20. The number of carbonyl (C=O) groups is 2. The number of hydrogen-bond acceptors (Lipinski definition) is 4. The van der Waals surface area contributed by atoms with E-state index in [0.29, 0.717) is 11.8 Å². The van der Waals surface area contributed by atoms with Crippen LogP contribution in [0.25, 0.3) is 0 Å². The number of carbonyl (C=O) groups excluding carboxylic acids is 2. The molecule has 0 saturated carbocycles.